The maximum absolute atomic E-state index is 12.2. The predicted molar refractivity (Wildman–Crippen MR) is 121 cm³/mol. The Hall–Kier alpha value is -2.12. The van der Waals surface area contributed by atoms with Crippen molar-refractivity contribution in [2.45, 2.75) is 58.8 Å². The molecule has 0 aliphatic carbocycles. The van der Waals surface area contributed by atoms with Crippen molar-refractivity contribution in [2.75, 3.05) is 39.5 Å². The smallest absolute Gasteiger partial charge is 0.310 e. The van der Waals surface area contributed by atoms with E-state index < -0.39 is 0 Å². The number of carbonyl (C=O) groups is 1. The quantitative estimate of drug-likeness (QED) is 0.387. The summed E-state index contributed by atoms with van der Waals surface area (Å²) in [5.74, 6) is 0.684. The average molecular weight is 432 g/mol. The number of benzene rings is 1. The van der Waals surface area contributed by atoms with Crippen LogP contribution in [-0.4, -0.2) is 62.4 Å². The maximum Gasteiger partial charge on any atom is 0.310 e. The zero-order valence-electron chi connectivity index (χ0n) is 19.0. The van der Waals surface area contributed by atoms with Crippen molar-refractivity contribution in [3.05, 3.63) is 35.4 Å². The molecule has 7 nitrogen and oxygen atoms in total. The van der Waals surface area contributed by atoms with Crippen molar-refractivity contribution in [3.63, 3.8) is 0 Å². The predicted octanol–water partition coefficient (Wildman–Crippen LogP) is 3.12. The Balaban J connectivity index is 1.58. The van der Waals surface area contributed by atoms with E-state index in [1.807, 2.05) is 6.92 Å². The van der Waals surface area contributed by atoms with Gasteiger partial charge in [-0.25, -0.2) is 4.99 Å². The second-order valence-electron chi connectivity index (χ2n) is 8.15. The minimum absolute atomic E-state index is 0.0804. The van der Waals surface area contributed by atoms with E-state index in [9.17, 15) is 4.79 Å². The summed E-state index contributed by atoms with van der Waals surface area (Å²) in [6.07, 6.45) is 4.08. The van der Waals surface area contributed by atoms with Crippen LogP contribution in [0.3, 0.4) is 0 Å². The van der Waals surface area contributed by atoms with Gasteiger partial charge in [0.25, 0.3) is 0 Å². The normalized spacial score (nSPS) is 20.5. The number of nitrogens with one attached hydrogen (secondary N) is 1. The summed E-state index contributed by atoms with van der Waals surface area (Å²) in [7, 11) is 0. The van der Waals surface area contributed by atoms with Crippen LogP contribution in [0.1, 0.15) is 50.7 Å². The molecule has 7 heteroatoms. The van der Waals surface area contributed by atoms with Crippen LogP contribution in [0.5, 0.6) is 0 Å². The van der Waals surface area contributed by atoms with Crippen molar-refractivity contribution in [2.24, 2.45) is 10.9 Å². The summed E-state index contributed by atoms with van der Waals surface area (Å²) >= 11 is 0. The molecule has 0 bridgehead atoms. The van der Waals surface area contributed by atoms with E-state index in [1.54, 1.807) is 0 Å². The van der Waals surface area contributed by atoms with Crippen LogP contribution < -0.4 is 5.32 Å². The Morgan fingerprint density at radius 2 is 2.03 bits per heavy atom. The third-order valence-corrected chi connectivity index (χ3v) is 5.73. The van der Waals surface area contributed by atoms with Crippen molar-refractivity contribution in [1.82, 2.24) is 10.2 Å². The highest BCUT2D eigenvalue weighted by molar-refractivity contribution is 5.81. The lowest BCUT2D eigenvalue weighted by molar-refractivity contribution is -0.149. The number of hydrogen-bond acceptors (Lipinski definition) is 5. The number of hydrogen-bond donors (Lipinski definition) is 1. The first-order valence-corrected chi connectivity index (χ1v) is 11.7. The summed E-state index contributed by atoms with van der Waals surface area (Å²) in [4.78, 5) is 19.2. The second kappa shape index (κ2) is 12.7. The van der Waals surface area contributed by atoms with Crippen LogP contribution in [0.25, 0.3) is 0 Å². The van der Waals surface area contributed by atoms with Gasteiger partial charge in [-0.15, -0.1) is 0 Å². The number of piperidine rings is 1. The molecular weight excluding hydrogens is 394 g/mol. The highest BCUT2D eigenvalue weighted by atomic mass is 16.5. The van der Waals surface area contributed by atoms with Crippen molar-refractivity contribution >= 4 is 11.9 Å². The molecule has 1 unspecified atom stereocenters. The van der Waals surface area contributed by atoms with Gasteiger partial charge in [0.15, 0.2) is 5.96 Å². The summed E-state index contributed by atoms with van der Waals surface area (Å²) in [5, 5.41) is 3.38. The maximum atomic E-state index is 12.2. The van der Waals surface area contributed by atoms with E-state index in [1.165, 1.54) is 5.56 Å². The van der Waals surface area contributed by atoms with Crippen molar-refractivity contribution in [1.29, 1.82) is 0 Å². The van der Waals surface area contributed by atoms with E-state index >= 15 is 0 Å². The molecule has 2 fully saturated rings. The number of likely N-dealkylation sites (tertiary alicyclic amines) is 1. The summed E-state index contributed by atoms with van der Waals surface area (Å²) in [6, 6.07) is 8.44. The number of aliphatic imine (C=N–C) groups is 1. The Labute approximate surface area is 186 Å². The molecule has 3 rings (SSSR count). The van der Waals surface area contributed by atoms with Gasteiger partial charge < -0.3 is 24.4 Å². The fourth-order valence-electron chi connectivity index (χ4n) is 4.09. The van der Waals surface area contributed by atoms with Crippen molar-refractivity contribution in [3.8, 4) is 0 Å². The van der Waals surface area contributed by atoms with Gasteiger partial charge in [0.2, 0.25) is 0 Å². The minimum Gasteiger partial charge on any atom is -0.466 e. The van der Waals surface area contributed by atoms with Crippen molar-refractivity contribution < 1.29 is 19.0 Å². The van der Waals surface area contributed by atoms with Crippen LogP contribution in [0.4, 0.5) is 0 Å². The Bertz CT molecular complexity index is 719. The Morgan fingerprint density at radius 3 is 2.81 bits per heavy atom. The first-order valence-electron chi connectivity index (χ1n) is 11.7. The van der Waals surface area contributed by atoms with Gasteiger partial charge in [0.1, 0.15) is 0 Å². The van der Waals surface area contributed by atoms with Gasteiger partial charge in [0.05, 0.1) is 31.8 Å². The van der Waals surface area contributed by atoms with Crippen LogP contribution >= 0.6 is 0 Å². The number of rotatable bonds is 8. The number of ether oxygens (including phenoxy) is 3. The van der Waals surface area contributed by atoms with Gasteiger partial charge in [-0.3, -0.25) is 4.79 Å². The molecule has 172 valence electrons. The topological polar surface area (TPSA) is 72.4 Å². The molecule has 2 saturated heterocycles. The zero-order valence-corrected chi connectivity index (χ0v) is 19.0. The number of nitrogens with zero attached hydrogens (tertiary/aromatic N) is 2. The van der Waals surface area contributed by atoms with E-state index in [4.69, 9.17) is 19.2 Å². The van der Waals surface area contributed by atoms with E-state index in [-0.39, 0.29) is 11.9 Å². The molecule has 1 aromatic rings. The monoisotopic (exact) mass is 431 g/mol. The molecular formula is C24H37N3O4. The van der Waals surface area contributed by atoms with Crippen LogP contribution in [0, 0.1) is 5.92 Å². The highest BCUT2D eigenvalue weighted by Crippen LogP contribution is 2.19. The average Bonchev–Trinajstić information content (AvgIpc) is 2.81. The van der Waals surface area contributed by atoms with Crippen LogP contribution in [-0.2, 0) is 32.2 Å². The molecule has 0 saturated carbocycles. The summed E-state index contributed by atoms with van der Waals surface area (Å²) in [6.45, 7) is 9.49. The van der Waals surface area contributed by atoms with Crippen LogP contribution in [0.2, 0.25) is 0 Å². The third-order valence-electron chi connectivity index (χ3n) is 5.73. The van der Waals surface area contributed by atoms with Gasteiger partial charge in [0, 0.05) is 32.8 Å². The molecule has 0 radical (unpaired) electrons. The van der Waals surface area contributed by atoms with Gasteiger partial charge in [-0.2, -0.15) is 0 Å². The Morgan fingerprint density at radius 1 is 1.23 bits per heavy atom. The van der Waals surface area contributed by atoms with E-state index in [0.29, 0.717) is 32.4 Å². The molecule has 0 amide bonds. The van der Waals surface area contributed by atoms with Gasteiger partial charge in [-0.05, 0) is 50.7 Å². The summed E-state index contributed by atoms with van der Waals surface area (Å²) in [5.41, 5.74) is 2.33. The number of carbonyl (C=O) groups excluding carboxylic acids is 1. The van der Waals surface area contributed by atoms with Gasteiger partial charge in [-0.1, -0.05) is 24.3 Å². The SMILES string of the molecule is CCNC(=NCc1cccc(COC2CCOCC2)c1)N1CCCC(C(=O)OCC)C1. The molecule has 0 spiro atoms. The molecule has 1 N–H and O–H groups in total. The molecule has 31 heavy (non-hydrogen) atoms. The zero-order chi connectivity index (χ0) is 21.9. The fraction of sp³-hybridized carbons (Fsp3) is 0.667. The second-order valence-corrected chi connectivity index (χ2v) is 8.15. The lowest BCUT2D eigenvalue weighted by Crippen LogP contribution is -2.48. The molecule has 2 heterocycles. The largest absolute Gasteiger partial charge is 0.466 e. The lowest BCUT2D eigenvalue weighted by Gasteiger charge is -2.34. The van der Waals surface area contributed by atoms with E-state index in [0.717, 1.165) is 63.5 Å². The third kappa shape index (κ3) is 7.51. The first-order chi connectivity index (χ1) is 15.2. The number of guanidine groups is 1. The molecule has 2 aliphatic rings. The molecule has 1 aromatic carbocycles. The van der Waals surface area contributed by atoms with E-state index in [2.05, 4.69) is 41.4 Å². The first kappa shape index (κ1) is 23.5. The number of esters is 1. The standard InChI is InChI=1S/C24H37N3O4/c1-3-25-24(27-12-6-9-21(17-27)23(28)30-4-2)26-16-19-7-5-8-20(15-19)18-31-22-10-13-29-14-11-22/h5,7-8,15,21-22H,3-4,6,9-14,16-18H2,1-2H3,(H,25,26). The van der Waals surface area contributed by atoms with Crippen LogP contribution in [0.15, 0.2) is 29.3 Å². The highest BCUT2D eigenvalue weighted by Gasteiger charge is 2.28. The Kier molecular flexibility index (Phi) is 9.62. The minimum atomic E-state index is -0.0970. The van der Waals surface area contributed by atoms with Gasteiger partial charge >= 0.3 is 5.97 Å². The molecule has 1 atom stereocenters. The summed E-state index contributed by atoms with van der Waals surface area (Å²) < 4.78 is 16.7. The lowest BCUT2D eigenvalue weighted by atomic mass is 9.98. The molecule has 2 aliphatic heterocycles. The fourth-order valence-corrected chi connectivity index (χ4v) is 4.09. The molecule has 0 aromatic heterocycles.